The molecule has 0 aliphatic carbocycles. The summed E-state index contributed by atoms with van der Waals surface area (Å²) in [4.78, 5) is 37.7. The number of rotatable bonds is 9. The highest BCUT2D eigenvalue weighted by atomic mass is 31.2. The Kier molecular flexibility index (Phi) is 8.40. The topological polar surface area (TPSA) is 135 Å². The smallest absolute Gasteiger partial charge is 0.395 e. The van der Waals surface area contributed by atoms with Crippen molar-refractivity contribution in [2.75, 3.05) is 26.3 Å². The fourth-order valence-corrected chi connectivity index (χ4v) is 3.98. The predicted molar refractivity (Wildman–Crippen MR) is 125 cm³/mol. The number of piperidine rings is 1. The van der Waals surface area contributed by atoms with E-state index in [1.54, 1.807) is 17.0 Å². The SMILES string of the molecule is C/C(=N\OCCc1ccccc1)c1ccc(C(=O)N2CCC(N)(COP(=O)(O)O)CC2)cc1. The highest BCUT2D eigenvalue weighted by Crippen LogP contribution is 2.37. The van der Waals surface area contributed by atoms with Crippen molar-refractivity contribution in [2.24, 2.45) is 10.9 Å². The maximum absolute atomic E-state index is 12.8. The number of benzene rings is 2. The highest BCUT2D eigenvalue weighted by molar-refractivity contribution is 7.46. The van der Waals surface area contributed by atoms with Crippen LogP contribution in [0.15, 0.2) is 59.8 Å². The van der Waals surface area contributed by atoms with E-state index in [1.807, 2.05) is 49.4 Å². The zero-order chi connectivity index (χ0) is 23.9. The van der Waals surface area contributed by atoms with Crippen LogP contribution in [-0.2, 0) is 20.3 Å². The largest absolute Gasteiger partial charge is 0.469 e. The summed E-state index contributed by atoms with van der Waals surface area (Å²) in [5.41, 5.74) is 8.62. The number of carbonyl (C=O) groups is 1. The first-order valence-electron chi connectivity index (χ1n) is 10.7. The summed E-state index contributed by atoms with van der Waals surface area (Å²) in [6, 6.07) is 17.2. The highest BCUT2D eigenvalue weighted by Gasteiger charge is 2.35. The molecule has 1 saturated heterocycles. The van der Waals surface area contributed by atoms with Crippen LogP contribution in [0.5, 0.6) is 0 Å². The number of phosphoric ester groups is 1. The summed E-state index contributed by atoms with van der Waals surface area (Å²) in [5, 5.41) is 4.16. The second kappa shape index (κ2) is 11.0. The minimum absolute atomic E-state index is 0.117. The maximum Gasteiger partial charge on any atom is 0.469 e. The third-order valence-corrected chi connectivity index (χ3v) is 6.11. The standard InChI is InChI=1S/C23H30N3O6P/c1-18(25-31-16-11-19-5-3-2-4-6-19)20-7-9-21(10-8-20)22(27)26-14-12-23(24,13-15-26)17-32-33(28,29)30/h2-10H,11-17,24H2,1H3,(H2,28,29,30)/b25-18+. The molecular weight excluding hydrogens is 445 g/mol. The van der Waals surface area contributed by atoms with Gasteiger partial charge in [-0.1, -0.05) is 47.6 Å². The van der Waals surface area contributed by atoms with Crippen LogP contribution in [0.4, 0.5) is 0 Å². The quantitative estimate of drug-likeness (QED) is 0.220. The monoisotopic (exact) mass is 475 g/mol. The maximum atomic E-state index is 12.8. The van der Waals surface area contributed by atoms with Crippen LogP contribution in [-0.4, -0.2) is 58.1 Å². The van der Waals surface area contributed by atoms with Gasteiger partial charge >= 0.3 is 7.82 Å². The lowest BCUT2D eigenvalue weighted by molar-refractivity contribution is 0.0594. The average molecular weight is 475 g/mol. The molecule has 1 heterocycles. The number of likely N-dealkylation sites (tertiary alicyclic amines) is 1. The van der Waals surface area contributed by atoms with Crippen molar-refractivity contribution in [1.29, 1.82) is 0 Å². The Morgan fingerprint density at radius 1 is 1.09 bits per heavy atom. The Labute approximate surface area is 193 Å². The summed E-state index contributed by atoms with van der Waals surface area (Å²) >= 11 is 0. The van der Waals surface area contributed by atoms with Crippen LogP contribution in [0.1, 0.15) is 41.3 Å². The Bertz CT molecular complexity index is 999. The molecule has 1 fully saturated rings. The summed E-state index contributed by atoms with van der Waals surface area (Å²) < 4.78 is 15.5. The van der Waals surface area contributed by atoms with E-state index in [4.69, 9.17) is 20.4 Å². The van der Waals surface area contributed by atoms with Crippen LogP contribution in [0.3, 0.4) is 0 Å². The van der Waals surface area contributed by atoms with E-state index in [1.165, 1.54) is 5.56 Å². The van der Waals surface area contributed by atoms with Gasteiger partial charge in [-0.2, -0.15) is 0 Å². The van der Waals surface area contributed by atoms with Crippen LogP contribution < -0.4 is 5.73 Å². The Balaban J connectivity index is 1.49. The van der Waals surface area contributed by atoms with Crippen molar-refractivity contribution in [3.8, 4) is 0 Å². The first-order valence-corrected chi connectivity index (χ1v) is 12.3. The van der Waals surface area contributed by atoms with Crippen molar-refractivity contribution < 1.29 is 28.5 Å². The van der Waals surface area contributed by atoms with Crippen molar-refractivity contribution in [3.63, 3.8) is 0 Å². The van der Waals surface area contributed by atoms with E-state index in [0.29, 0.717) is 38.1 Å². The zero-order valence-corrected chi connectivity index (χ0v) is 19.5. The molecule has 0 aromatic heterocycles. The van der Waals surface area contributed by atoms with Gasteiger partial charge in [-0.25, -0.2) is 4.57 Å². The minimum atomic E-state index is -4.57. The fourth-order valence-electron chi connectivity index (χ4n) is 3.55. The molecule has 0 radical (unpaired) electrons. The molecule has 2 aromatic carbocycles. The van der Waals surface area contributed by atoms with Crippen molar-refractivity contribution >= 4 is 19.4 Å². The summed E-state index contributed by atoms with van der Waals surface area (Å²) in [6.45, 7) is 2.86. The second-order valence-corrected chi connectivity index (χ2v) is 9.48. The van der Waals surface area contributed by atoms with E-state index >= 15 is 0 Å². The molecule has 10 heteroatoms. The van der Waals surface area contributed by atoms with E-state index < -0.39 is 13.4 Å². The Morgan fingerprint density at radius 2 is 1.70 bits per heavy atom. The first kappa shape index (κ1) is 25.1. The lowest BCUT2D eigenvalue weighted by Gasteiger charge is -2.38. The molecule has 0 saturated carbocycles. The molecule has 0 atom stereocenters. The molecule has 0 unspecified atom stereocenters. The van der Waals surface area contributed by atoms with E-state index in [2.05, 4.69) is 9.68 Å². The van der Waals surface area contributed by atoms with Crippen LogP contribution in [0, 0.1) is 0 Å². The molecule has 4 N–H and O–H groups in total. The van der Waals surface area contributed by atoms with Crippen molar-refractivity contribution in [2.45, 2.75) is 31.7 Å². The summed E-state index contributed by atoms with van der Waals surface area (Å²) in [5.74, 6) is -0.117. The van der Waals surface area contributed by atoms with Gasteiger partial charge in [0.25, 0.3) is 5.91 Å². The average Bonchev–Trinajstić information content (AvgIpc) is 2.81. The predicted octanol–water partition coefficient (Wildman–Crippen LogP) is 2.71. The van der Waals surface area contributed by atoms with E-state index in [0.717, 1.165) is 17.7 Å². The third kappa shape index (κ3) is 7.77. The van der Waals surface area contributed by atoms with Gasteiger partial charge in [-0.3, -0.25) is 9.32 Å². The zero-order valence-electron chi connectivity index (χ0n) is 18.6. The lowest BCUT2D eigenvalue weighted by Crippen LogP contribution is -2.54. The molecule has 178 valence electrons. The van der Waals surface area contributed by atoms with E-state index in [9.17, 15) is 9.36 Å². The molecule has 0 spiro atoms. The molecule has 1 aliphatic rings. The van der Waals surface area contributed by atoms with Gasteiger partial charge in [-0.05, 0) is 43.0 Å². The second-order valence-electron chi connectivity index (χ2n) is 8.24. The number of hydrogen-bond acceptors (Lipinski definition) is 6. The molecule has 1 aliphatic heterocycles. The van der Waals surface area contributed by atoms with Crippen molar-refractivity contribution in [1.82, 2.24) is 4.90 Å². The van der Waals surface area contributed by atoms with Gasteiger partial charge in [0.15, 0.2) is 0 Å². The van der Waals surface area contributed by atoms with Crippen LogP contribution >= 0.6 is 7.82 Å². The van der Waals surface area contributed by atoms with Gasteiger partial charge < -0.3 is 25.3 Å². The molecule has 2 aromatic rings. The van der Waals surface area contributed by atoms with Crippen LogP contribution in [0.2, 0.25) is 0 Å². The number of nitrogens with zero attached hydrogens (tertiary/aromatic N) is 2. The number of phosphoric acid groups is 1. The van der Waals surface area contributed by atoms with Gasteiger partial charge in [0.05, 0.1) is 12.3 Å². The third-order valence-electron chi connectivity index (χ3n) is 5.64. The number of oxime groups is 1. The molecule has 33 heavy (non-hydrogen) atoms. The van der Waals surface area contributed by atoms with Gasteiger partial charge in [-0.15, -0.1) is 0 Å². The molecular formula is C23H30N3O6P. The molecule has 1 amide bonds. The summed E-state index contributed by atoms with van der Waals surface area (Å²) in [7, 11) is -4.57. The van der Waals surface area contributed by atoms with Gasteiger partial charge in [0.2, 0.25) is 0 Å². The lowest BCUT2D eigenvalue weighted by atomic mass is 9.89. The van der Waals surface area contributed by atoms with Gasteiger partial charge in [0, 0.05) is 30.6 Å². The molecule has 3 rings (SSSR count). The normalized spacial score (nSPS) is 16.5. The number of amides is 1. The first-order chi connectivity index (χ1) is 15.7. The Hall–Kier alpha value is -2.55. The van der Waals surface area contributed by atoms with E-state index in [-0.39, 0.29) is 12.5 Å². The van der Waals surface area contributed by atoms with Crippen LogP contribution in [0.25, 0.3) is 0 Å². The minimum Gasteiger partial charge on any atom is -0.395 e. The number of hydrogen-bond donors (Lipinski definition) is 3. The Morgan fingerprint density at radius 3 is 2.30 bits per heavy atom. The molecule has 9 nitrogen and oxygen atoms in total. The van der Waals surface area contributed by atoms with Crippen molar-refractivity contribution in [3.05, 3.63) is 71.3 Å². The van der Waals surface area contributed by atoms with Gasteiger partial charge in [0.1, 0.15) is 6.61 Å². The molecule has 0 bridgehead atoms. The number of carbonyl (C=O) groups excluding carboxylic acids is 1. The summed E-state index contributed by atoms with van der Waals surface area (Å²) in [6.07, 6.45) is 1.56. The fraction of sp³-hybridized carbons (Fsp3) is 0.391. The number of nitrogens with two attached hydrogens (primary N) is 1.